The molecular formula is C16H19F7O. The zero-order chi connectivity index (χ0) is 19.0. The Bertz CT molecular complexity index is 566. The molecule has 1 nitrogen and oxygen atoms in total. The number of halogens is 7. The van der Waals surface area contributed by atoms with Crippen LogP contribution < -0.4 is 0 Å². The van der Waals surface area contributed by atoms with Gasteiger partial charge in [0, 0.05) is 7.11 Å². The van der Waals surface area contributed by atoms with Crippen molar-refractivity contribution in [1.29, 1.82) is 0 Å². The van der Waals surface area contributed by atoms with E-state index < -0.39 is 30.0 Å². The van der Waals surface area contributed by atoms with Crippen molar-refractivity contribution < 1.29 is 35.5 Å². The van der Waals surface area contributed by atoms with Crippen LogP contribution in [0.25, 0.3) is 0 Å². The molecule has 0 spiro atoms. The predicted octanol–water partition coefficient (Wildman–Crippen LogP) is 5.89. The summed E-state index contributed by atoms with van der Waals surface area (Å²) < 4.78 is 95.7. The quantitative estimate of drug-likeness (QED) is 0.575. The highest BCUT2D eigenvalue weighted by Crippen LogP contribution is 2.51. The fraction of sp³-hybridized carbons (Fsp3) is 0.625. The van der Waals surface area contributed by atoms with Crippen LogP contribution in [0.5, 0.6) is 0 Å². The Kier molecular flexibility index (Phi) is 5.65. The van der Waals surface area contributed by atoms with Crippen LogP contribution in [-0.2, 0) is 10.3 Å². The number of hydrogen-bond donors (Lipinski definition) is 0. The molecule has 0 aromatic heterocycles. The van der Waals surface area contributed by atoms with Crippen molar-refractivity contribution in [2.24, 2.45) is 0 Å². The number of alkyl halides is 7. The third kappa shape index (κ3) is 3.84. The Hall–Kier alpha value is -1.31. The van der Waals surface area contributed by atoms with Crippen molar-refractivity contribution in [3.05, 3.63) is 35.4 Å². The summed E-state index contributed by atoms with van der Waals surface area (Å²) in [6, 6.07) is 6.04. The molecule has 0 N–H and O–H groups in total. The van der Waals surface area contributed by atoms with Crippen LogP contribution in [-0.4, -0.2) is 25.1 Å². The summed E-state index contributed by atoms with van der Waals surface area (Å²) in [5, 5.41) is 0. The van der Waals surface area contributed by atoms with Crippen LogP contribution in [0.1, 0.15) is 44.2 Å². The SMILES string of the molecule is COC(C)(CC(F)(F)C(F)(F)C(F)(F)F)c1cccc(C(C)C)c1. The summed E-state index contributed by atoms with van der Waals surface area (Å²) in [6.07, 6.45) is -8.17. The van der Waals surface area contributed by atoms with Gasteiger partial charge in [0.1, 0.15) is 0 Å². The van der Waals surface area contributed by atoms with Crippen LogP contribution in [0.4, 0.5) is 30.7 Å². The van der Waals surface area contributed by atoms with E-state index in [1.165, 1.54) is 18.2 Å². The van der Waals surface area contributed by atoms with Crippen molar-refractivity contribution in [2.45, 2.75) is 56.7 Å². The molecule has 24 heavy (non-hydrogen) atoms. The van der Waals surface area contributed by atoms with Crippen molar-refractivity contribution in [2.75, 3.05) is 7.11 Å². The molecule has 0 aliphatic rings. The number of ether oxygens (including phenoxy) is 1. The van der Waals surface area contributed by atoms with E-state index in [0.29, 0.717) is 0 Å². The summed E-state index contributed by atoms with van der Waals surface area (Å²) in [6.45, 7) is 4.72. The first-order valence-electron chi connectivity index (χ1n) is 7.16. The Morgan fingerprint density at radius 1 is 1.00 bits per heavy atom. The molecule has 0 aliphatic heterocycles. The highest BCUT2D eigenvalue weighted by Gasteiger charge is 2.73. The minimum absolute atomic E-state index is 0.0168. The first kappa shape index (κ1) is 20.7. The van der Waals surface area contributed by atoms with Gasteiger partial charge >= 0.3 is 18.0 Å². The lowest BCUT2D eigenvalue weighted by Crippen LogP contribution is -2.54. The van der Waals surface area contributed by atoms with E-state index >= 15 is 0 Å². The monoisotopic (exact) mass is 360 g/mol. The van der Waals surface area contributed by atoms with E-state index in [1.807, 2.05) is 13.8 Å². The number of hydrogen-bond acceptors (Lipinski definition) is 1. The first-order chi connectivity index (χ1) is 10.7. The highest BCUT2D eigenvalue weighted by atomic mass is 19.4. The van der Waals surface area contributed by atoms with Gasteiger partial charge in [0.2, 0.25) is 0 Å². The highest BCUT2D eigenvalue weighted by molar-refractivity contribution is 5.30. The van der Waals surface area contributed by atoms with Gasteiger partial charge in [-0.05, 0) is 24.0 Å². The molecule has 0 saturated carbocycles. The molecule has 1 unspecified atom stereocenters. The zero-order valence-electron chi connectivity index (χ0n) is 13.6. The molecule has 8 heteroatoms. The van der Waals surface area contributed by atoms with Gasteiger partial charge < -0.3 is 4.74 Å². The number of benzene rings is 1. The van der Waals surface area contributed by atoms with E-state index in [2.05, 4.69) is 0 Å². The third-order valence-electron chi connectivity index (χ3n) is 3.99. The Labute approximate surface area is 135 Å². The van der Waals surface area contributed by atoms with E-state index in [9.17, 15) is 30.7 Å². The van der Waals surface area contributed by atoms with E-state index in [-0.39, 0.29) is 11.5 Å². The second-order valence-electron chi connectivity index (χ2n) is 6.17. The molecule has 0 aliphatic carbocycles. The molecule has 138 valence electrons. The van der Waals surface area contributed by atoms with Crippen molar-refractivity contribution in [3.63, 3.8) is 0 Å². The van der Waals surface area contributed by atoms with Crippen LogP contribution in [0.3, 0.4) is 0 Å². The predicted molar refractivity (Wildman–Crippen MR) is 75.5 cm³/mol. The Balaban J connectivity index is 3.28. The molecule has 1 atom stereocenters. The second-order valence-corrected chi connectivity index (χ2v) is 6.17. The summed E-state index contributed by atoms with van der Waals surface area (Å²) in [5.74, 6) is -11.5. The average Bonchev–Trinajstić information content (AvgIpc) is 2.45. The Morgan fingerprint density at radius 3 is 1.96 bits per heavy atom. The summed E-state index contributed by atoms with van der Waals surface area (Å²) >= 11 is 0. The number of methoxy groups -OCH3 is 1. The molecule has 0 amide bonds. The van der Waals surface area contributed by atoms with Gasteiger partial charge in [-0.1, -0.05) is 38.1 Å². The second kappa shape index (κ2) is 6.54. The molecule has 1 aromatic carbocycles. The van der Waals surface area contributed by atoms with E-state index in [4.69, 9.17) is 4.74 Å². The molecule has 1 rings (SSSR count). The van der Waals surface area contributed by atoms with Gasteiger partial charge in [-0.3, -0.25) is 0 Å². The summed E-state index contributed by atoms with van der Waals surface area (Å²) in [7, 11) is 0.990. The Morgan fingerprint density at radius 2 is 1.54 bits per heavy atom. The van der Waals surface area contributed by atoms with Gasteiger partial charge in [0.25, 0.3) is 0 Å². The van der Waals surface area contributed by atoms with Crippen LogP contribution in [0.2, 0.25) is 0 Å². The van der Waals surface area contributed by atoms with Crippen molar-refractivity contribution in [3.8, 4) is 0 Å². The van der Waals surface area contributed by atoms with E-state index in [0.717, 1.165) is 19.6 Å². The normalized spacial score (nSPS) is 16.3. The van der Waals surface area contributed by atoms with Crippen molar-refractivity contribution >= 4 is 0 Å². The minimum atomic E-state index is -6.36. The first-order valence-corrected chi connectivity index (χ1v) is 7.16. The van der Waals surface area contributed by atoms with Gasteiger partial charge in [0.05, 0.1) is 12.0 Å². The van der Waals surface area contributed by atoms with E-state index in [1.54, 1.807) is 6.07 Å². The topological polar surface area (TPSA) is 9.23 Å². The molecular weight excluding hydrogens is 341 g/mol. The summed E-state index contributed by atoms with van der Waals surface area (Å²) in [4.78, 5) is 0. The third-order valence-corrected chi connectivity index (χ3v) is 3.99. The minimum Gasteiger partial charge on any atom is -0.374 e. The van der Waals surface area contributed by atoms with Crippen LogP contribution in [0.15, 0.2) is 24.3 Å². The van der Waals surface area contributed by atoms with Gasteiger partial charge in [0.15, 0.2) is 0 Å². The lowest BCUT2D eigenvalue weighted by molar-refractivity contribution is -0.361. The fourth-order valence-corrected chi connectivity index (χ4v) is 2.26. The standard InChI is InChI=1S/C16H19F7O/c1-10(2)11-6-5-7-12(8-11)13(3,24-4)9-14(17,18)15(19,20)16(21,22)23/h5-8,10H,9H2,1-4H3. The molecule has 0 heterocycles. The molecule has 0 saturated heterocycles. The lowest BCUT2D eigenvalue weighted by atomic mass is 9.85. The van der Waals surface area contributed by atoms with Crippen LogP contribution >= 0.6 is 0 Å². The maximum atomic E-state index is 13.8. The van der Waals surface area contributed by atoms with Crippen molar-refractivity contribution in [1.82, 2.24) is 0 Å². The fourth-order valence-electron chi connectivity index (χ4n) is 2.26. The van der Waals surface area contributed by atoms with Gasteiger partial charge in [-0.2, -0.15) is 30.7 Å². The molecule has 0 bridgehead atoms. The number of rotatable bonds is 6. The molecule has 0 radical (unpaired) electrons. The largest absolute Gasteiger partial charge is 0.459 e. The van der Waals surface area contributed by atoms with Gasteiger partial charge in [-0.25, -0.2) is 0 Å². The average molecular weight is 360 g/mol. The maximum Gasteiger partial charge on any atom is 0.459 e. The smallest absolute Gasteiger partial charge is 0.374 e. The zero-order valence-corrected chi connectivity index (χ0v) is 13.6. The lowest BCUT2D eigenvalue weighted by Gasteiger charge is -2.36. The van der Waals surface area contributed by atoms with Crippen LogP contribution in [0, 0.1) is 0 Å². The van der Waals surface area contributed by atoms with Gasteiger partial charge in [-0.15, -0.1) is 0 Å². The summed E-state index contributed by atoms with van der Waals surface area (Å²) in [5.41, 5.74) is -1.18. The molecule has 1 aromatic rings. The maximum absolute atomic E-state index is 13.8. The molecule has 0 fully saturated rings.